The van der Waals surface area contributed by atoms with Crippen molar-refractivity contribution in [1.82, 2.24) is 0 Å². The normalized spacial score (nSPS) is 10.5. The fraction of sp³-hybridized carbons (Fsp3) is 0.333. The largest absolute Gasteiger partial charge is 0.373 e. The number of benzene rings is 1. The summed E-state index contributed by atoms with van der Waals surface area (Å²) < 4.78 is 0. The first-order chi connectivity index (χ1) is 7.02. The molecule has 3 nitrogen and oxygen atoms in total. The van der Waals surface area contributed by atoms with Gasteiger partial charge in [-0.1, -0.05) is 12.1 Å². The van der Waals surface area contributed by atoms with Crippen molar-refractivity contribution in [3.05, 3.63) is 41.0 Å². The molecule has 0 aromatic heterocycles. The molecule has 0 aliphatic rings. The van der Waals surface area contributed by atoms with Crippen LogP contribution in [0.2, 0.25) is 0 Å². The standard InChI is InChI=1S/C12H15O3/c1-8(2)14-15-12(13)11-7-5-6-9(3)10(11)4/h5-7H,1-4H3. The van der Waals surface area contributed by atoms with Gasteiger partial charge >= 0.3 is 5.97 Å². The van der Waals surface area contributed by atoms with E-state index in [4.69, 9.17) is 4.89 Å². The molecule has 0 aliphatic heterocycles. The molecule has 15 heavy (non-hydrogen) atoms. The second-order valence-corrected chi connectivity index (χ2v) is 3.61. The van der Waals surface area contributed by atoms with Gasteiger partial charge in [0.1, 0.15) is 6.10 Å². The van der Waals surface area contributed by atoms with Gasteiger partial charge in [0.2, 0.25) is 0 Å². The number of aryl methyl sites for hydroxylation is 1. The lowest BCUT2D eigenvalue weighted by Gasteiger charge is -2.08. The van der Waals surface area contributed by atoms with Crippen LogP contribution in [0.3, 0.4) is 0 Å². The summed E-state index contributed by atoms with van der Waals surface area (Å²) in [6.45, 7) is 7.27. The zero-order chi connectivity index (χ0) is 11.4. The first kappa shape index (κ1) is 11.7. The van der Waals surface area contributed by atoms with Crippen LogP contribution in [0.5, 0.6) is 0 Å². The molecule has 1 radical (unpaired) electrons. The van der Waals surface area contributed by atoms with Crippen LogP contribution in [0.25, 0.3) is 0 Å². The lowest BCUT2D eigenvalue weighted by Crippen LogP contribution is -2.09. The molecule has 81 valence electrons. The average Bonchev–Trinajstić information content (AvgIpc) is 2.18. The summed E-state index contributed by atoms with van der Waals surface area (Å²) in [6, 6.07) is 5.49. The minimum atomic E-state index is -0.461. The lowest BCUT2D eigenvalue weighted by molar-refractivity contribution is -0.229. The molecule has 0 saturated carbocycles. The molecule has 0 heterocycles. The summed E-state index contributed by atoms with van der Waals surface area (Å²) in [5.41, 5.74) is 2.51. The highest BCUT2D eigenvalue weighted by Gasteiger charge is 2.13. The highest BCUT2D eigenvalue weighted by Crippen LogP contribution is 2.14. The van der Waals surface area contributed by atoms with Crippen molar-refractivity contribution in [2.45, 2.75) is 27.7 Å². The van der Waals surface area contributed by atoms with E-state index in [9.17, 15) is 4.79 Å². The van der Waals surface area contributed by atoms with E-state index in [1.807, 2.05) is 26.0 Å². The number of carbonyl (C=O) groups is 1. The van der Waals surface area contributed by atoms with Crippen molar-refractivity contribution in [3.63, 3.8) is 0 Å². The minimum absolute atomic E-state index is 0.461. The summed E-state index contributed by atoms with van der Waals surface area (Å²) in [6.07, 6.45) is 0.591. The smallest absolute Gasteiger partial charge is 0.292 e. The van der Waals surface area contributed by atoms with E-state index in [0.717, 1.165) is 11.1 Å². The van der Waals surface area contributed by atoms with Gasteiger partial charge in [0, 0.05) is 0 Å². The maximum absolute atomic E-state index is 11.6. The van der Waals surface area contributed by atoms with Gasteiger partial charge in [-0.15, -0.1) is 0 Å². The summed E-state index contributed by atoms with van der Waals surface area (Å²) in [5.74, 6) is -0.461. The Morgan fingerprint density at radius 2 is 1.80 bits per heavy atom. The SMILES string of the molecule is C[C](C)OOC(=O)c1cccc(C)c1C. The van der Waals surface area contributed by atoms with E-state index in [0.29, 0.717) is 11.7 Å². The molecule has 0 bridgehead atoms. The van der Waals surface area contributed by atoms with E-state index < -0.39 is 5.97 Å². The zero-order valence-corrected chi connectivity index (χ0v) is 9.46. The van der Waals surface area contributed by atoms with Crippen molar-refractivity contribution in [2.24, 2.45) is 0 Å². The predicted octanol–water partition coefficient (Wildman–Crippen LogP) is 2.96. The Morgan fingerprint density at radius 3 is 2.40 bits per heavy atom. The summed E-state index contributed by atoms with van der Waals surface area (Å²) in [4.78, 5) is 20.9. The summed E-state index contributed by atoms with van der Waals surface area (Å²) in [5, 5.41) is 0. The highest BCUT2D eigenvalue weighted by molar-refractivity contribution is 5.90. The molecule has 0 fully saturated rings. The average molecular weight is 207 g/mol. The molecule has 1 aromatic carbocycles. The van der Waals surface area contributed by atoms with Crippen LogP contribution < -0.4 is 0 Å². The molecule has 0 N–H and O–H groups in total. The van der Waals surface area contributed by atoms with Gasteiger partial charge in [-0.05, 0) is 44.9 Å². The number of hydrogen-bond acceptors (Lipinski definition) is 3. The Labute approximate surface area is 89.9 Å². The van der Waals surface area contributed by atoms with E-state index in [-0.39, 0.29) is 0 Å². The Morgan fingerprint density at radius 1 is 1.13 bits per heavy atom. The van der Waals surface area contributed by atoms with Crippen molar-refractivity contribution < 1.29 is 14.6 Å². The van der Waals surface area contributed by atoms with Gasteiger partial charge < -0.3 is 0 Å². The molecule has 0 amide bonds. The molecule has 3 heteroatoms. The maximum Gasteiger partial charge on any atom is 0.373 e. The number of carbonyl (C=O) groups excluding carboxylic acids is 1. The highest BCUT2D eigenvalue weighted by atomic mass is 17.2. The van der Waals surface area contributed by atoms with E-state index in [1.165, 1.54) is 0 Å². The van der Waals surface area contributed by atoms with Crippen molar-refractivity contribution >= 4 is 5.97 Å². The van der Waals surface area contributed by atoms with Gasteiger partial charge in [-0.25, -0.2) is 4.79 Å². The van der Waals surface area contributed by atoms with Gasteiger partial charge in [-0.2, -0.15) is 4.89 Å². The van der Waals surface area contributed by atoms with Crippen LogP contribution in [-0.4, -0.2) is 5.97 Å². The molecule has 0 atom stereocenters. The minimum Gasteiger partial charge on any atom is -0.292 e. The molecule has 1 rings (SSSR count). The summed E-state index contributed by atoms with van der Waals surface area (Å²) in [7, 11) is 0. The van der Waals surface area contributed by atoms with Gasteiger partial charge in [0.25, 0.3) is 0 Å². The molecular weight excluding hydrogens is 192 g/mol. The Kier molecular flexibility index (Phi) is 3.86. The first-order valence-electron chi connectivity index (χ1n) is 4.77. The van der Waals surface area contributed by atoms with Gasteiger partial charge in [0.05, 0.1) is 5.56 Å². The molecule has 0 aliphatic carbocycles. The Bertz CT molecular complexity index is 356. The molecule has 0 spiro atoms. The molecule has 0 saturated heterocycles. The van der Waals surface area contributed by atoms with Crippen molar-refractivity contribution in [2.75, 3.05) is 0 Å². The molecule has 0 unspecified atom stereocenters. The first-order valence-corrected chi connectivity index (χ1v) is 4.77. The number of hydrogen-bond donors (Lipinski definition) is 0. The Balaban J connectivity index is 2.78. The lowest BCUT2D eigenvalue weighted by atomic mass is 10.0. The van der Waals surface area contributed by atoms with Crippen LogP contribution in [0, 0.1) is 20.0 Å². The third-order valence-electron chi connectivity index (χ3n) is 2.11. The van der Waals surface area contributed by atoms with Crippen LogP contribution in [0.15, 0.2) is 18.2 Å². The zero-order valence-electron chi connectivity index (χ0n) is 9.46. The van der Waals surface area contributed by atoms with E-state index >= 15 is 0 Å². The van der Waals surface area contributed by atoms with Crippen molar-refractivity contribution in [3.8, 4) is 0 Å². The third kappa shape index (κ3) is 3.06. The molecule has 1 aromatic rings. The second kappa shape index (κ2) is 4.94. The maximum atomic E-state index is 11.6. The fourth-order valence-corrected chi connectivity index (χ4v) is 1.14. The number of rotatable bonds is 3. The second-order valence-electron chi connectivity index (χ2n) is 3.61. The summed E-state index contributed by atoms with van der Waals surface area (Å²) >= 11 is 0. The van der Waals surface area contributed by atoms with E-state index in [2.05, 4.69) is 4.89 Å². The Hall–Kier alpha value is -1.35. The van der Waals surface area contributed by atoms with Gasteiger partial charge in [-0.3, -0.25) is 4.89 Å². The van der Waals surface area contributed by atoms with Crippen LogP contribution in [0.4, 0.5) is 0 Å². The van der Waals surface area contributed by atoms with Crippen LogP contribution in [-0.2, 0) is 9.78 Å². The van der Waals surface area contributed by atoms with Gasteiger partial charge in [0.15, 0.2) is 0 Å². The monoisotopic (exact) mass is 207 g/mol. The van der Waals surface area contributed by atoms with Crippen LogP contribution >= 0.6 is 0 Å². The quantitative estimate of drug-likeness (QED) is 0.564. The van der Waals surface area contributed by atoms with Crippen molar-refractivity contribution in [1.29, 1.82) is 0 Å². The van der Waals surface area contributed by atoms with E-state index in [1.54, 1.807) is 19.9 Å². The third-order valence-corrected chi connectivity index (χ3v) is 2.11. The van der Waals surface area contributed by atoms with Crippen LogP contribution in [0.1, 0.15) is 35.3 Å². The topological polar surface area (TPSA) is 35.5 Å². The fourth-order valence-electron chi connectivity index (χ4n) is 1.14. The molecular formula is C12H15O3. The predicted molar refractivity (Wildman–Crippen MR) is 57.0 cm³/mol.